The van der Waals surface area contributed by atoms with Gasteiger partial charge in [-0.1, -0.05) is 24.3 Å². The first kappa shape index (κ1) is 14.1. The van der Waals surface area contributed by atoms with Gasteiger partial charge < -0.3 is 10.4 Å². The van der Waals surface area contributed by atoms with Gasteiger partial charge in [0, 0.05) is 6.54 Å². The molecule has 0 aliphatic rings. The second-order valence-electron chi connectivity index (χ2n) is 3.89. The molecule has 17 heavy (non-hydrogen) atoms. The Labute approximate surface area is 107 Å². The summed E-state index contributed by atoms with van der Waals surface area (Å²) in [6, 6.07) is 7.77. The number of hydrogen-bond acceptors (Lipinski definition) is 3. The molecule has 94 valence electrons. The summed E-state index contributed by atoms with van der Waals surface area (Å²) >= 11 is 1.54. The molecule has 1 atom stereocenters. The van der Waals surface area contributed by atoms with Gasteiger partial charge in [-0.25, -0.2) is 0 Å². The molecule has 1 amide bonds. The van der Waals surface area contributed by atoms with Crippen molar-refractivity contribution in [2.45, 2.75) is 25.2 Å². The molecule has 0 aromatic heterocycles. The number of rotatable bonds is 6. The van der Waals surface area contributed by atoms with Gasteiger partial charge in [-0.15, -0.1) is 0 Å². The standard InChI is InChI=1S/C13H19NO2S/c1-10(17-2)13(16)14-8-7-11-3-5-12(9-15)6-4-11/h3-6,10,15H,7-9H2,1-2H3,(H,14,16). The van der Waals surface area contributed by atoms with Crippen LogP contribution in [-0.2, 0) is 17.8 Å². The summed E-state index contributed by atoms with van der Waals surface area (Å²) in [5, 5.41) is 11.8. The van der Waals surface area contributed by atoms with E-state index < -0.39 is 0 Å². The van der Waals surface area contributed by atoms with Crippen LogP contribution in [0.25, 0.3) is 0 Å². The zero-order valence-electron chi connectivity index (χ0n) is 10.3. The molecule has 1 aromatic rings. The van der Waals surface area contributed by atoms with Crippen LogP contribution in [0.2, 0.25) is 0 Å². The number of carbonyl (C=O) groups excluding carboxylic acids is 1. The summed E-state index contributed by atoms with van der Waals surface area (Å²) in [5.74, 6) is 0.0875. The number of thioether (sulfide) groups is 1. The zero-order chi connectivity index (χ0) is 12.7. The van der Waals surface area contributed by atoms with Gasteiger partial charge in [-0.05, 0) is 30.7 Å². The molecule has 0 spiro atoms. The molecule has 0 bridgehead atoms. The summed E-state index contributed by atoms with van der Waals surface area (Å²) in [6.07, 6.45) is 2.75. The molecule has 2 N–H and O–H groups in total. The van der Waals surface area contributed by atoms with E-state index in [-0.39, 0.29) is 17.8 Å². The van der Waals surface area contributed by atoms with E-state index in [1.165, 1.54) is 5.56 Å². The molecule has 0 radical (unpaired) electrons. The minimum atomic E-state index is 0.00626. The maximum Gasteiger partial charge on any atom is 0.232 e. The number of benzene rings is 1. The van der Waals surface area contributed by atoms with E-state index in [9.17, 15) is 4.79 Å². The average Bonchev–Trinajstić information content (AvgIpc) is 2.38. The van der Waals surface area contributed by atoms with Crippen LogP contribution in [-0.4, -0.2) is 29.1 Å². The van der Waals surface area contributed by atoms with Crippen molar-refractivity contribution in [3.05, 3.63) is 35.4 Å². The zero-order valence-corrected chi connectivity index (χ0v) is 11.1. The van der Waals surface area contributed by atoms with Gasteiger partial charge >= 0.3 is 0 Å². The van der Waals surface area contributed by atoms with E-state index in [1.54, 1.807) is 11.8 Å². The fraction of sp³-hybridized carbons (Fsp3) is 0.462. The van der Waals surface area contributed by atoms with Crippen molar-refractivity contribution in [2.24, 2.45) is 0 Å². The second-order valence-corrected chi connectivity index (χ2v) is 5.07. The van der Waals surface area contributed by atoms with Gasteiger partial charge in [0.05, 0.1) is 11.9 Å². The Morgan fingerprint density at radius 2 is 1.94 bits per heavy atom. The SMILES string of the molecule is CSC(C)C(=O)NCCc1ccc(CO)cc1. The fourth-order valence-electron chi connectivity index (χ4n) is 1.39. The fourth-order valence-corrected chi connectivity index (χ4v) is 1.69. The first-order valence-electron chi connectivity index (χ1n) is 5.66. The highest BCUT2D eigenvalue weighted by atomic mass is 32.2. The number of aliphatic hydroxyl groups excluding tert-OH is 1. The Kier molecular flexibility index (Phi) is 6.08. The summed E-state index contributed by atoms with van der Waals surface area (Å²) in [7, 11) is 0. The highest BCUT2D eigenvalue weighted by Gasteiger charge is 2.09. The number of amides is 1. The molecule has 0 aliphatic heterocycles. The third-order valence-corrected chi connectivity index (χ3v) is 3.56. The molecule has 0 aliphatic carbocycles. The Balaban J connectivity index is 2.33. The molecule has 1 aromatic carbocycles. The van der Waals surface area contributed by atoms with Gasteiger partial charge in [0.25, 0.3) is 0 Å². The molecular formula is C13H19NO2S. The minimum absolute atomic E-state index is 0.00626. The average molecular weight is 253 g/mol. The monoisotopic (exact) mass is 253 g/mol. The number of hydrogen-bond donors (Lipinski definition) is 2. The quantitative estimate of drug-likeness (QED) is 0.809. The van der Waals surface area contributed by atoms with Crippen LogP contribution >= 0.6 is 11.8 Å². The maximum absolute atomic E-state index is 11.5. The molecule has 0 saturated carbocycles. The van der Waals surface area contributed by atoms with E-state index >= 15 is 0 Å². The summed E-state index contributed by atoms with van der Waals surface area (Å²) in [4.78, 5) is 11.5. The number of nitrogens with one attached hydrogen (secondary N) is 1. The van der Waals surface area contributed by atoms with Crippen LogP contribution < -0.4 is 5.32 Å². The summed E-state index contributed by atoms with van der Waals surface area (Å²) in [5.41, 5.74) is 2.08. The van der Waals surface area contributed by atoms with Crippen LogP contribution in [0, 0.1) is 0 Å². The Bertz CT molecular complexity index is 351. The lowest BCUT2D eigenvalue weighted by Crippen LogP contribution is -2.32. The van der Waals surface area contributed by atoms with E-state index in [0.29, 0.717) is 6.54 Å². The van der Waals surface area contributed by atoms with E-state index in [1.807, 2.05) is 37.4 Å². The van der Waals surface area contributed by atoms with E-state index in [4.69, 9.17) is 5.11 Å². The Morgan fingerprint density at radius 3 is 2.47 bits per heavy atom. The second kappa shape index (κ2) is 7.35. The van der Waals surface area contributed by atoms with Gasteiger partial charge in [0.2, 0.25) is 5.91 Å². The van der Waals surface area contributed by atoms with Crippen LogP contribution in [0.15, 0.2) is 24.3 Å². The van der Waals surface area contributed by atoms with Gasteiger partial charge in [0.15, 0.2) is 0 Å². The molecule has 0 saturated heterocycles. The van der Waals surface area contributed by atoms with Crippen molar-refractivity contribution in [3.8, 4) is 0 Å². The van der Waals surface area contributed by atoms with Crippen LogP contribution in [0.3, 0.4) is 0 Å². The number of carbonyl (C=O) groups is 1. The van der Waals surface area contributed by atoms with Crippen molar-refractivity contribution in [3.63, 3.8) is 0 Å². The topological polar surface area (TPSA) is 49.3 Å². The van der Waals surface area contributed by atoms with E-state index in [2.05, 4.69) is 5.32 Å². The maximum atomic E-state index is 11.5. The Hall–Kier alpha value is -1.00. The van der Waals surface area contributed by atoms with Gasteiger partial charge in [-0.3, -0.25) is 4.79 Å². The number of aliphatic hydroxyl groups is 1. The van der Waals surface area contributed by atoms with Crippen molar-refractivity contribution < 1.29 is 9.90 Å². The van der Waals surface area contributed by atoms with Gasteiger partial charge in [-0.2, -0.15) is 11.8 Å². The predicted molar refractivity (Wildman–Crippen MR) is 72.1 cm³/mol. The third kappa shape index (κ3) is 4.79. The summed E-state index contributed by atoms with van der Waals surface area (Å²) in [6.45, 7) is 2.63. The third-order valence-electron chi connectivity index (χ3n) is 2.64. The predicted octanol–water partition coefficient (Wildman–Crippen LogP) is 1.59. The molecular weight excluding hydrogens is 234 g/mol. The van der Waals surface area contributed by atoms with E-state index in [0.717, 1.165) is 12.0 Å². The van der Waals surface area contributed by atoms with Crippen LogP contribution in [0.4, 0.5) is 0 Å². The first-order chi connectivity index (χ1) is 8.17. The van der Waals surface area contributed by atoms with Crippen molar-refractivity contribution in [2.75, 3.05) is 12.8 Å². The minimum Gasteiger partial charge on any atom is -0.392 e. The lowest BCUT2D eigenvalue weighted by Gasteiger charge is -2.09. The highest BCUT2D eigenvalue weighted by Crippen LogP contribution is 2.06. The van der Waals surface area contributed by atoms with Crippen molar-refractivity contribution in [1.29, 1.82) is 0 Å². The van der Waals surface area contributed by atoms with Crippen LogP contribution in [0.1, 0.15) is 18.1 Å². The van der Waals surface area contributed by atoms with Crippen molar-refractivity contribution in [1.82, 2.24) is 5.32 Å². The largest absolute Gasteiger partial charge is 0.392 e. The summed E-state index contributed by atoms with van der Waals surface area (Å²) < 4.78 is 0. The molecule has 4 heteroatoms. The molecule has 0 fully saturated rings. The Morgan fingerprint density at radius 1 is 1.35 bits per heavy atom. The van der Waals surface area contributed by atoms with Gasteiger partial charge in [0.1, 0.15) is 0 Å². The first-order valence-corrected chi connectivity index (χ1v) is 6.95. The van der Waals surface area contributed by atoms with Crippen molar-refractivity contribution >= 4 is 17.7 Å². The normalized spacial score (nSPS) is 12.2. The molecule has 1 unspecified atom stereocenters. The smallest absolute Gasteiger partial charge is 0.232 e. The lowest BCUT2D eigenvalue weighted by atomic mass is 10.1. The molecule has 3 nitrogen and oxygen atoms in total. The highest BCUT2D eigenvalue weighted by molar-refractivity contribution is 7.99. The van der Waals surface area contributed by atoms with Crippen LogP contribution in [0.5, 0.6) is 0 Å². The lowest BCUT2D eigenvalue weighted by molar-refractivity contribution is -0.120. The molecule has 1 rings (SSSR count). The molecule has 0 heterocycles.